The minimum Gasteiger partial charge on any atom is -0.329 e. The van der Waals surface area contributed by atoms with Crippen LogP contribution in [0.15, 0.2) is 0 Å². The summed E-state index contributed by atoms with van der Waals surface area (Å²) < 4.78 is 36.7. The zero-order valence-corrected chi connectivity index (χ0v) is 10.00. The molecule has 1 atom stereocenters. The fraction of sp³-hybridized carbons (Fsp3) is 1.00. The van der Waals surface area contributed by atoms with Crippen LogP contribution in [0, 0.1) is 0 Å². The molecule has 92 valence electrons. The van der Waals surface area contributed by atoms with Gasteiger partial charge in [0.05, 0.1) is 6.54 Å². The molecule has 0 spiro atoms. The Morgan fingerprint density at radius 1 is 1.40 bits per heavy atom. The molecule has 0 saturated carbocycles. The highest BCUT2D eigenvalue weighted by atomic mass is 32.2. The van der Waals surface area contributed by atoms with Crippen LogP contribution in [0.4, 0.5) is 13.2 Å². The van der Waals surface area contributed by atoms with E-state index in [1.807, 2.05) is 6.26 Å². The predicted octanol–water partition coefficient (Wildman–Crippen LogP) is 1.95. The average molecular weight is 244 g/mol. The number of nitrogens with two attached hydrogens (primary N) is 1. The molecule has 0 radical (unpaired) electrons. The number of hydrogen-bond acceptors (Lipinski definition) is 3. The van der Waals surface area contributed by atoms with Crippen molar-refractivity contribution in [3.63, 3.8) is 0 Å². The Bertz CT molecular complexity index is 164. The predicted molar refractivity (Wildman–Crippen MR) is 59.1 cm³/mol. The lowest BCUT2D eigenvalue weighted by molar-refractivity contribution is -0.150. The second kappa shape index (κ2) is 7.35. The number of hydrogen-bond donors (Lipinski definition) is 1. The van der Waals surface area contributed by atoms with Crippen molar-refractivity contribution >= 4 is 11.8 Å². The third-order valence-corrected chi connectivity index (χ3v) is 2.88. The maximum absolute atomic E-state index is 12.2. The van der Waals surface area contributed by atoms with Gasteiger partial charge in [-0.3, -0.25) is 4.90 Å². The standard InChI is InChI=1S/C9H19F3N2S/c1-3-14(7-9(10,11)12)8(6-13)4-5-15-2/h8H,3-7,13H2,1-2H3. The molecular weight excluding hydrogens is 225 g/mol. The van der Waals surface area contributed by atoms with E-state index in [1.165, 1.54) is 4.90 Å². The van der Waals surface area contributed by atoms with E-state index in [9.17, 15) is 13.2 Å². The van der Waals surface area contributed by atoms with Gasteiger partial charge in [0.25, 0.3) is 0 Å². The van der Waals surface area contributed by atoms with Crippen molar-refractivity contribution in [2.45, 2.75) is 25.6 Å². The van der Waals surface area contributed by atoms with Crippen LogP contribution >= 0.6 is 11.8 Å². The summed E-state index contributed by atoms with van der Waals surface area (Å²) in [4.78, 5) is 1.40. The van der Waals surface area contributed by atoms with Crippen molar-refractivity contribution < 1.29 is 13.2 Å². The quantitative estimate of drug-likeness (QED) is 0.742. The zero-order chi connectivity index (χ0) is 11.9. The zero-order valence-electron chi connectivity index (χ0n) is 9.18. The second-order valence-electron chi connectivity index (χ2n) is 3.35. The van der Waals surface area contributed by atoms with Crippen molar-refractivity contribution in [2.24, 2.45) is 5.73 Å². The fourth-order valence-corrected chi connectivity index (χ4v) is 1.94. The van der Waals surface area contributed by atoms with Gasteiger partial charge in [0, 0.05) is 12.6 Å². The summed E-state index contributed by atoms with van der Waals surface area (Å²) in [6.45, 7) is 1.54. The molecule has 0 fully saturated rings. The minimum atomic E-state index is -4.14. The van der Waals surface area contributed by atoms with Crippen molar-refractivity contribution in [3.05, 3.63) is 0 Å². The average Bonchev–Trinajstić information content (AvgIpc) is 2.15. The van der Waals surface area contributed by atoms with E-state index in [4.69, 9.17) is 5.73 Å². The third kappa shape index (κ3) is 7.03. The van der Waals surface area contributed by atoms with E-state index in [0.29, 0.717) is 13.0 Å². The van der Waals surface area contributed by atoms with Crippen LogP contribution in [0.1, 0.15) is 13.3 Å². The summed E-state index contributed by atoms with van der Waals surface area (Å²) in [5.74, 6) is 0.843. The number of thioether (sulfide) groups is 1. The molecule has 0 saturated heterocycles. The first-order valence-corrected chi connectivity index (χ1v) is 6.33. The second-order valence-corrected chi connectivity index (χ2v) is 4.33. The van der Waals surface area contributed by atoms with Crippen LogP contribution in [0.25, 0.3) is 0 Å². The Morgan fingerprint density at radius 3 is 2.33 bits per heavy atom. The monoisotopic (exact) mass is 244 g/mol. The van der Waals surface area contributed by atoms with Gasteiger partial charge < -0.3 is 5.73 Å². The summed E-state index contributed by atoms with van der Waals surface area (Å²) in [6.07, 6.45) is -1.49. The van der Waals surface area contributed by atoms with Crippen molar-refractivity contribution in [1.82, 2.24) is 4.90 Å². The van der Waals surface area contributed by atoms with E-state index >= 15 is 0 Å². The number of halogens is 3. The number of nitrogens with zero attached hydrogens (tertiary/aromatic N) is 1. The molecule has 2 nitrogen and oxygen atoms in total. The summed E-state index contributed by atoms with van der Waals surface area (Å²) in [7, 11) is 0. The first-order chi connectivity index (χ1) is 6.94. The van der Waals surface area contributed by atoms with Crippen LogP contribution in [0.5, 0.6) is 0 Å². The minimum absolute atomic E-state index is 0.163. The Hall–Kier alpha value is 0.0600. The van der Waals surface area contributed by atoms with Crippen LogP contribution in [0.2, 0.25) is 0 Å². The van der Waals surface area contributed by atoms with Crippen LogP contribution in [-0.2, 0) is 0 Å². The van der Waals surface area contributed by atoms with Gasteiger partial charge in [0.1, 0.15) is 0 Å². The molecule has 0 aromatic carbocycles. The number of alkyl halides is 3. The molecule has 1 unspecified atom stereocenters. The molecule has 0 aliphatic carbocycles. The highest BCUT2D eigenvalue weighted by molar-refractivity contribution is 7.98. The normalized spacial score (nSPS) is 14.6. The van der Waals surface area contributed by atoms with E-state index < -0.39 is 12.7 Å². The first-order valence-electron chi connectivity index (χ1n) is 4.94. The molecule has 0 amide bonds. The number of likely N-dealkylation sites (N-methyl/N-ethyl adjacent to an activating group) is 1. The fourth-order valence-electron chi connectivity index (χ4n) is 1.43. The summed E-state index contributed by atoms with van der Waals surface area (Å²) in [5, 5.41) is 0. The summed E-state index contributed by atoms with van der Waals surface area (Å²) in [6, 6.07) is -0.163. The van der Waals surface area contributed by atoms with Gasteiger partial charge in [-0.1, -0.05) is 6.92 Å². The van der Waals surface area contributed by atoms with Gasteiger partial charge in [-0.05, 0) is 25.0 Å². The molecule has 0 aromatic rings. The number of rotatable bonds is 7. The molecule has 0 aromatic heterocycles. The Kier molecular flexibility index (Phi) is 7.38. The van der Waals surface area contributed by atoms with Gasteiger partial charge in [-0.25, -0.2) is 0 Å². The van der Waals surface area contributed by atoms with Gasteiger partial charge in [0.15, 0.2) is 0 Å². The van der Waals surface area contributed by atoms with E-state index in [0.717, 1.165) is 5.75 Å². The van der Waals surface area contributed by atoms with Crippen LogP contribution in [0.3, 0.4) is 0 Å². The Balaban J connectivity index is 4.20. The van der Waals surface area contributed by atoms with E-state index in [1.54, 1.807) is 18.7 Å². The van der Waals surface area contributed by atoms with Gasteiger partial charge in [-0.2, -0.15) is 24.9 Å². The Morgan fingerprint density at radius 2 is 2.00 bits per heavy atom. The van der Waals surface area contributed by atoms with Crippen molar-refractivity contribution in [2.75, 3.05) is 31.6 Å². The molecule has 0 heterocycles. The van der Waals surface area contributed by atoms with Gasteiger partial charge in [0.2, 0.25) is 0 Å². The summed E-state index contributed by atoms with van der Waals surface area (Å²) >= 11 is 1.63. The third-order valence-electron chi connectivity index (χ3n) is 2.23. The van der Waals surface area contributed by atoms with Gasteiger partial charge >= 0.3 is 6.18 Å². The van der Waals surface area contributed by atoms with Crippen molar-refractivity contribution in [3.8, 4) is 0 Å². The molecular formula is C9H19F3N2S. The largest absolute Gasteiger partial charge is 0.401 e. The lowest BCUT2D eigenvalue weighted by Crippen LogP contribution is -2.45. The van der Waals surface area contributed by atoms with E-state index in [-0.39, 0.29) is 12.6 Å². The molecule has 6 heteroatoms. The first kappa shape index (κ1) is 15.1. The van der Waals surface area contributed by atoms with E-state index in [2.05, 4.69) is 0 Å². The molecule has 0 bridgehead atoms. The van der Waals surface area contributed by atoms with Gasteiger partial charge in [-0.15, -0.1) is 0 Å². The maximum Gasteiger partial charge on any atom is 0.401 e. The molecule has 2 N–H and O–H groups in total. The molecule has 15 heavy (non-hydrogen) atoms. The molecule has 0 rings (SSSR count). The highest BCUT2D eigenvalue weighted by Crippen LogP contribution is 2.19. The lowest BCUT2D eigenvalue weighted by atomic mass is 10.2. The summed E-state index contributed by atoms with van der Waals surface area (Å²) in [5.41, 5.74) is 5.49. The van der Waals surface area contributed by atoms with Crippen LogP contribution < -0.4 is 5.73 Å². The van der Waals surface area contributed by atoms with Crippen molar-refractivity contribution in [1.29, 1.82) is 0 Å². The maximum atomic E-state index is 12.2. The van der Waals surface area contributed by atoms with Crippen LogP contribution in [-0.4, -0.2) is 48.8 Å². The topological polar surface area (TPSA) is 29.3 Å². The molecule has 0 aliphatic heterocycles. The lowest BCUT2D eigenvalue weighted by Gasteiger charge is -2.30. The molecule has 0 aliphatic rings. The smallest absolute Gasteiger partial charge is 0.329 e. The highest BCUT2D eigenvalue weighted by Gasteiger charge is 2.32. The Labute approximate surface area is 93.4 Å². The SMILES string of the molecule is CCN(CC(F)(F)F)C(CN)CCSC.